The molecule has 1 heteroatoms. The summed E-state index contributed by atoms with van der Waals surface area (Å²) in [5.74, 6) is 5.17. The van der Waals surface area contributed by atoms with Gasteiger partial charge in [-0.05, 0) is 167 Å². The zero-order valence-corrected chi connectivity index (χ0v) is 33.3. The highest BCUT2D eigenvalue weighted by molar-refractivity contribution is 5.98. The minimum Gasteiger partial charge on any atom is -0.310 e. The molecule has 0 unspecified atom stereocenters. The van der Waals surface area contributed by atoms with Gasteiger partial charge in [-0.3, -0.25) is 0 Å². The molecule has 0 aliphatic heterocycles. The molecular formula is C55H55N. The maximum Gasteiger partial charge on any atom is 0.0543 e. The summed E-state index contributed by atoms with van der Waals surface area (Å²) in [7, 11) is 0. The van der Waals surface area contributed by atoms with Gasteiger partial charge in [0.25, 0.3) is 0 Å². The van der Waals surface area contributed by atoms with Crippen molar-refractivity contribution in [1.82, 2.24) is 0 Å². The third-order valence-corrected chi connectivity index (χ3v) is 15.2. The van der Waals surface area contributed by atoms with Crippen LogP contribution in [0.5, 0.6) is 0 Å². The van der Waals surface area contributed by atoms with E-state index in [4.69, 9.17) is 0 Å². The molecular weight excluding hydrogens is 675 g/mol. The average Bonchev–Trinajstić information content (AvgIpc) is 3.47. The molecule has 0 amide bonds. The van der Waals surface area contributed by atoms with Gasteiger partial charge < -0.3 is 4.90 Å². The Morgan fingerprint density at radius 3 is 1.66 bits per heavy atom. The predicted molar refractivity (Wildman–Crippen MR) is 235 cm³/mol. The first-order valence-electron chi connectivity index (χ1n) is 21.9. The molecule has 6 aromatic rings. The molecule has 0 radical (unpaired) electrons. The molecule has 0 spiro atoms. The number of hydrogen-bond acceptors (Lipinski definition) is 1. The molecule has 12 rings (SSSR count). The minimum absolute atomic E-state index is 0.154. The minimum atomic E-state index is -0.154. The van der Waals surface area contributed by atoms with Crippen LogP contribution in [0.2, 0.25) is 0 Å². The second-order valence-electron chi connectivity index (χ2n) is 18.8. The van der Waals surface area contributed by atoms with E-state index in [0.29, 0.717) is 5.92 Å². The fraction of sp³-hybridized carbons (Fsp3) is 0.345. The fourth-order valence-electron chi connectivity index (χ4n) is 12.8. The van der Waals surface area contributed by atoms with E-state index in [0.717, 1.165) is 29.6 Å². The molecule has 0 heterocycles. The van der Waals surface area contributed by atoms with Gasteiger partial charge in [0.2, 0.25) is 0 Å². The first kappa shape index (κ1) is 34.4. The third kappa shape index (κ3) is 5.71. The van der Waals surface area contributed by atoms with Crippen LogP contribution in [0.15, 0.2) is 140 Å². The first-order chi connectivity index (χ1) is 27.5. The molecule has 6 aliphatic rings. The zero-order chi connectivity index (χ0) is 37.4. The van der Waals surface area contributed by atoms with Gasteiger partial charge >= 0.3 is 0 Å². The van der Waals surface area contributed by atoms with Crippen molar-refractivity contribution in [3.05, 3.63) is 162 Å². The van der Waals surface area contributed by atoms with Crippen molar-refractivity contribution >= 4 is 17.1 Å². The smallest absolute Gasteiger partial charge is 0.0543 e. The SMILES string of the molecule is CC1(C)c2cc(N(c3ccc(C4CCCCC4)cc3)c3ccc(C4C5CC6CC(C5)CC4C6)cc3)c(-c3ccccc3)cc2-c2c(-c3ccccc3)cccc21. The lowest BCUT2D eigenvalue weighted by Crippen LogP contribution is -2.43. The van der Waals surface area contributed by atoms with E-state index in [1.807, 2.05) is 0 Å². The molecule has 0 saturated heterocycles. The number of rotatable bonds is 7. The third-order valence-electron chi connectivity index (χ3n) is 15.2. The Morgan fingerprint density at radius 2 is 1.05 bits per heavy atom. The molecule has 4 bridgehead atoms. The lowest BCUT2D eigenvalue weighted by atomic mass is 9.51. The summed E-state index contributed by atoms with van der Waals surface area (Å²) < 4.78 is 0. The van der Waals surface area contributed by atoms with E-state index in [1.54, 1.807) is 5.56 Å². The van der Waals surface area contributed by atoms with Crippen LogP contribution in [0.25, 0.3) is 33.4 Å². The highest BCUT2D eigenvalue weighted by Gasteiger charge is 2.48. The summed E-state index contributed by atoms with van der Waals surface area (Å²) in [5.41, 5.74) is 17.3. The summed E-state index contributed by atoms with van der Waals surface area (Å²) in [5, 5.41) is 0. The molecule has 1 nitrogen and oxygen atoms in total. The molecule has 280 valence electrons. The Morgan fingerprint density at radius 1 is 0.482 bits per heavy atom. The second kappa shape index (κ2) is 13.7. The van der Waals surface area contributed by atoms with E-state index < -0.39 is 0 Å². The van der Waals surface area contributed by atoms with Crippen molar-refractivity contribution in [2.24, 2.45) is 23.7 Å². The summed E-state index contributed by atoms with van der Waals surface area (Å²) in [4.78, 5) is 2.59. The van der Waals surface area contributed by atoms with Crippen molar-refractivity contribution in [1.29, 1.82) is 0 Å². The molecule has 0 atom stereocenters. The van der Waals surface area contributed by atoms with Gasteiger partial charge in [0.15, 0.2) is 0 Å². The van der Waals surface area contributed by atoms with Gasteiger partial charge in [-0.25, -0.2) is 0 Å². The Bertz CT molecular complexity index is 2330. The summed E-state index contributed by atoms with van der Waals surface area (Å²) in [6.07, 6.45) is 14.1. The van der Waals surface area contributed by atoms with Gasteiger partial charge in [-0.2, -0.15) is 0 Å². The number of anilines is 3. The van der Waals surface area contributed by atoms with Crippen LogP contribution >= 0.6 is 0 Å². The monoisotopic (exact) mass is 729 g/mol. The first-order valence-corrected chi connectivity index (χ1v) is 21.9. The van der Waals surface area contributed by atoms with Gasteiger partial charge in [-0.15, -0.1) is 0 Å². The highest BCUT2D eigenvalue weighted by atomic mass is 15.1. The summed E-state index contributed by atoms with van der Waals surface area (Å²) >= 11 is 0. The molecule has 5 saturated carbocycles. The Kier molecular flexibility index (Phi) is 8.38. The molecule has 6 aromatic carbocycles. The number of nitrogens with zero attached hydrogens (tertiary/aromatic N) is 1. The standard InChI is InChI=1S/C55H55N/c1-55(2)50-20-12-19-47(40-15-8-4-9-16-40)54(50)49-34-48(41-17-10-5-11-18-41)52(35-51(49)55)56(45-25-21-39(22-26-45)38-13-6-3-7-14-38)46-27-23-42(24-28-46)53-43-30-36-29-37(32-43)33-44(53)31-36/h4-5,8-12,15-28,34-38,43-44,53H,3,6-7,13-14,29-33H2,1-2H3. The van der Waals surface area contributed by atoms with Crippen LogP contribution in [-0.4, -0.2) is 0 Å². The maximum atomic E-state index is 2.59. The zero-order valence-electron chi connectivity index (χ0n) is 33.3. The second-order valence-corrected chi connectivity index (χ2v) is 18.8. The maximum absolute atomic E-state index is 2.59. The van der Waals surface area contributed by atoms with Gasteiger partial charge in [0.1, 0.15) is 0 Å². The highest BCUT2D eigenvalue weighted by Crippen LogP contribution is 2.60. The van der Waals surface area contributed by atoms with Crippen LogP contribution in [-0.2, 0) is 5.41 Å². The lowest BCUT2D eigenvalue weighted by molar-refractivity contribution is -0.00277. The van der Waals surface area contributed by atoms with Crippen molar-refractivity contribution in [3.8, 4) is 33.4 Å². The van der Waals surface area contributed by atoms with Crippen LogP contribution < -0.4 is 4.90 Å². The van der Waals surface area contributed by atoms with Gasteiger partial charge in [0, 0.05) is 22.4 Å². The van der Waals surface area contributed by atoms with Crippen molar-refractivity contribution in [2.45, 2.75) is 95.3 Å². The van der Waals surface area contributed by atoms with E-state index in [1.165, 1.54) is 131 Å². The average molecular weight is 730 g/mol. The largest absolute Gasteiger partial charge is 0.310 e. The van der Waals surface area contributed by atoms with Gasteiger partial charge in [0.05, 0.1) is 5.69 Å². The lowest BCUT2D eigenvalue weighted by Gasteiger charge is -2.54. The van der Waals surface area contributed by atoms with Crippen LogP contribution in [0.3, 0.4) is 0 Å². The fourth-order valence-corrected chi connectivity index (χ4v) is 12.8. The van der Waals surface area contributed by atoms with E-state index in [-0.39, 0.29) is 5.41 Å². The van der Waals surface area contributed by atoms with Crippen LogP contribution in [0.4, 0.5) is 17.1 Å². The van der Waals surface area contributed by atoms with Crippen LogP contribution in [0.1, 0.15) is 112 Å². The molecule has 56 heavy (non-hydrogen) atoms. The topological polar surface area (TPSA) is 3.24 Å². The van der Waals surface area contributed by atoms with Crippen molar-refractivity contribution < 1.29 is 0 Å². The Labute approximate surface area is 334 Å². The molecule has 0 N–H and O–H groups in total. The summed E-state index contributed by atoms with van der Waals surface area (Å²) in [6.45, 7) is 4.86. The van der Waals surface area contributed by atoms with Crippen molar-refractivity contribution in [3.63, 3.8) is 0 Å². The molecule has 5 fully saturated rings. The van der Waals surface area contributed by atoms with Crippen LogP contribution in [0, 0.1) is 23.7 Å². The Hall–Kier alpha value is -4.88. The predicted octanol–water partition coefficient (Wildman–Crippen LogP) is 15.4. The van der Waals surface area contributed by atoms with E-state index >= 15 is 0 Å². The van der Waals surface area contributed by atoms with Gasteiger partial charge in [-0.1, -0.05) is 136 Å². The molecule has 0 aromatic heterocycles. The normalized spacial score (nSPS) is 24.5. The van der Waals surface area contributed by atoms with Crippen molar-refractivity contribution in [2.75, 3.05) is 4.90 Å². The molecule has 6 aliphatic carbocycles. The summed E-state index contributed by atoms with van der Waals surface area (Å²) in [6, 6.07) is 53.9. The van der Waals surface area contributed by atoms with E-state index in [9.17, 15) is 0 Å². The number of hydrogen-bond donors (Lipinski definition) is 0. The number of benzene rings is 6. The van der Waals surface area contributed by atoms with E-state index in [2.05, 4.69) is 158 Å². The quantitative estimate of drug-likeness (QED) is 0.158. The Balaban J connectivity index is 1.08. The number of fused-ring (bicyclic) bond motifs is 3.